The molecular formula is C30H24N2. The molecule has 0 aliphatic carbocycles. The van der Waals surface area contributed by atoms with Crippen LogP contribution in [-0.4, -0.2) is 12.0 Å². The van der Waals surface area contributed by atoms with Gasteiger partial charge in [-0.05, 0) is 47.5 Å². The summed E-state index contributed by atoms with van der Waals surface area (Å²) in [7, 11) is 2.10. The van der Waals surface area contributed by atoms with Gasteiger partial charge in [-0.25, -0.2) is 4.98 Å². The lowest BCUT2D eigenvalue weighted by Gasteiger charge is -2.20. The van der Waals surface area contributed by atoms with Crippen LogP contribution in [0.15, 0.2) is 127 Å². The van der Waals surface area contributed by atoms with Crippen molar-refractivity contribution in [1.29, 1.82) is 0 Å². The lowest BCUT2D eigenvalue weighted by molar-refractivity contribution is 1.21. The van der Waals surface area contributed by atoms with Crippen molar-refractivity contribution in [3.05, 3.63) is 127 Å². The Labute approximate surface area is 189 Å². The highest BCUT2D eigenvalue weighted by Gasteiger charge is 2.10. The Bertz CT molecular complexity index is 1240. The second-order valence-corrected chi connectivity index (χ2v) is 7.80. The van der Waals surface area contributed by atoms with Gasteiger partial charge >= 0.3 is 0 Å². The Morgan fingerprint density at radius 3 is 1.38 bits per heavy atom. The number of rotatable bonds is 5. The number of benzene rings is 4. The molecule has 0 atom stereocenters. The number of hydrogen-bond donors (Lipinski definition) is 0. The van der Waals surface area contributed by atoms with Crippen molar-refractivity contribution in [3.8, 4) is 33.6 Å². The number of aromatic nitrogens is 1. The van der Waals surface area contributed by atoms with E-state index in [1.807, 2.05) is 18.2 Å². The van der Waals surface area contributed by atoms with Crippen LogP contribution in [0.4, 0.5) is 11.4 Å². The van der Waals surface area contributed by atoms with Gasteiger partial charge in [0.1, 0.15) is 0 Å². The first-order valence-corrected chi connectivity index (χ1v) is 10.8. The maximum atomic E-state index is 4.98. The van der Waals surface area contributed by atoms with Crippen LogP contribution in [0.1, 0.15) is 0 Å². The minimum Gasteiger partial charge on any atom is -0.345 e. The lowest BCUT2D eigenvalue weighted by Crippen LogP contribution is -2.08. The fourth-order valence-electron chi connectivity index (χ4n) is 3.89. The maximum absolute atomic E-state index is 4.98. The molecule has 0 saturated heterocycles. The van der Waals surface area contributed by atoms with E-state index in [0.29, 0.717) is 0 Å². The third-order valence-electron chi connectivity index (χ3n) is 5.70. The molecule has 0 radical (unpaired) electrons. The summed E-state index contributed by atoms with van der Waals surface area (Å²) < 4.78 is 0. The standard InChI is InChI=1S/C30H24N2/c1-32(27-15-9-4-10-16-27)28-19-17-23(18-20-28)26-21-29(24-11-5-2-6-12-24)31-30(22-26)25-13-7-3-8-14-25/h2-22H,1H3. The van der Waals surface area contributed by atoms with Gasteiger partial charge in [-0.1, -0.05) is 91.0 Å². The quantitative estimate of drug-likeness (QED) is 0.292. The predicted octanol–water partition coefficient (Wildman–Crippen LogP) is 7.85. The highest BCUT2D eigenvalue weighted by atomic mass is 15.1. The van der Waals surface area contributed by atoms with Crippen molar-refractivity contribution >= 4 is 11.4 Å². The van der Waals surface area contributed by atoms with Crippen molar-refractivity contribution in [2.75, 3.05) is 11.9 Å². The molecule has 0 aliphatic rings. The smallest absolute Gasteiger partial charge is 0.0715 e. The van der Waals surface area contributed by atoms with Gasteiger partial charge in [0.2, 0.25) is 0 Å². The van der Waals surface area contributed by atoms with Crippen LogP contribution >= 0.6 is 0 Å². The molecule has 0 fully saturated rings. The number of para-hydroxylation sites is 1. The molecule has 5 rings (SSSR count). The summed E-state index contributed by atoms with van der Waals surface area (Å²) in [4.78, 5) is 7.17. The molecular weight excluding hydrogens is 388 g/mol. The summed E-state index contributed by atoms with van der Waals surface area (Å²) in [6.07, 6.45) is 0. The number of pyridine rings is 1. The molecule has 32 heavy (non-hydrogen) atoms. The maximum Gasteiger partial charge on any atom is 0.0715 e. The van der Waals surface area contributed by atoms with Crippen LogP contribution in [0.2, 0.25) is 0 Å². The van der Waals surface area contributed by atoms with E-state index in [0.717, 1.165) is 33.8 Å². The third kappa shape index (κ3) is 4.17. The highest BCUT2D eigenvalue weighted by molar-refractivity contribution is 5.77. The third-order valence-corrected chi connectivity index (χ3v) is 5.70. The number of anilines is 2. The fourth-order valence-corrected chi connectivity index (χ4v) is 3.89. The molecule has 0 bridgehead atoms. The topological polar surface area (TPSA) is 16.1 Å². The van der Waals surface area contributed by atoms with Crippen molar-refractivity contribution in [2.24, 2.45) is 0 Å². The molecule has 0 unspecified atom stereocenters. The molecule has 0 spiro atoms. The fraction of sp³-hybridized carbons (Fsp3) is 0.0333. The van der Waals surface area contributed by atoms with Crippen LogP contribution in [0.5, 0.6) is 0 Å². The van der Waals surface area contributed by atoms with Gasteiger partial charge in [0, 0.05) is 29.5 Å². The van der Waals surface area contributed by atoms with E-state index in [1.54, 1.807) is 0 Å². The Kier molecular flexibility index (Phi) is 5.50. The van der Waals surface area contributed by atoms with Gasteiger partial charge in [-0.2, -0.15) is 0 Å². The molecule has 0 N–H and O–H groups in total. The van der Waals surface area contributed by atoms with Gasteiger partial charge in [-0.3, -0.25) is 0 Å². The van der Waals surface area contributed by atoms with E-state index >= 15 is 0 Å². The minimum absolute atomic E-state index is 0.979. The second kappa shape index (κ2) is 8.91. The molecule has 1 aromatic heterocycles. The first-order chi connectivity index (χ1) is 15.8. The van der Waals surface area contributed by atoms with E-state index in [4.69, 9.17) is 4.98 Å². The monoisotopic (exact) mass is 412 g/mol. The number of nitrogens with zero attached hydrogens (tertiary/aromatic N) is 2. The zero-order valence-corrected chi connectivity index (χ0v) is 18.0. The zero-order valence-electron chi connectivity index (χ0n) is 18.0. The van der Waals surface area contributed by atoms with Gasteiger partial charge in [0.05, 0.1) is 11.4 Å². The summed E-state index contributed by atoms with van der Waals surface area (Å²) in [6, 6.07) is 44.2. The zero-order chi connectivity index (χ0) is 21.8. The molecule has 2 heteroatoms. The largest absolute Gasteiger partial charge is 0.345 e. The summed E-state index contributed by atoms with van der Waals surface area (Å²) in [6.45, 7) is 0. The molecule has 1 heterocycles. The average Bonchev–Trinajstić information content (AvgIpc) is 2.89. The van der Waals surface area contributed by atoms with Crippen LogP contribution < -0.4 is 4.90 Å². The molecule has 154 valence electrons. The summed E-state index contributed by atoms with van der Waals surface area (Å²) in [5.74, 6) is 0. The Hall–Kier alpha value is -4.17. The first kappa shape index (κ1) is 19.8. The van der Waals surface area contributed by atoms with Gasteiger partial charge in [0.15, 0.2) is 0 Å². The van der Waals surface area contributed by atoms with Crippen LogP contribution in [0.3, 0.4) is 0 Å². The van der Waals surface area contributed by atoms with E-state index in [9.17, 15) is 0 Å². The minimum atomic E-state index is 0.979. The van der Waals surface area contributed by atoms with Crippen LogP contribution in [-0.2, 0) is 0 Å². The Morgan fingerprint density at radius 1 is 0.438 bits per heavy atom. The second-order valence-electron chi connectivity index (χ2n) is 7.80. The average molecular weight is 413 g/mol. The van der Waals surface area contributed by atoms with E-state index in [-0.39, 0.29) is 0 Å². The van der Waals surface area contributed by atoms with Gasteiger partial charge in [-0.15, -0.1) is 0 Å². The van der Waals surface area contributed by atoms with E-state index in [2.05, 4.69) is 121 Å². The van der Waals surface area contributed by atoms with Crippen LogP contribution in [0.25, 0.3) is 33.6 Å². The molecule has 0 saturated carbocycles. The lowest BCUT2D eigenvalue weighted by atomic mass is 9.99. The predicted molar refractivity (Wildman–Crippen MR) is 135 cm³/mol. The molecule has 0 amide bonds. The first-order valence-electron chi connectivity index (χ1n) is 10.8. The van der Waals surface area contributed by atoms with Crippen molar-refractivity contribution in [3.63, 3.8) is 0 Å². The summed E-state index contributed by atoms with van der Waals surface area (Å²) in [5.41, 5.74) is 8.85. The van der Waals surface area contributed by atoms with Crippen LogP contribution in [0, 0.1) is 0 Å². The van der Waals surface area contributed by atoms with Gasteiger partial charge in [0.25, 0.3) is 0 Å². The highest BCUT2D eigenvalue weighted by Crippen LogP contribution is 2.32. The Morgan fingerprint density at radius 2 is 0.875 bits per heavy atom. The normalized spacial score (nSPS) is 10.7. The number of hydrogen-bond acceptors (Lipinski definition) is 2. The van der Waals surface area contributed by atoms with E-state index < -0.39 is 0 Å². The molecule has 0 aliphatic heterocycles. The SMILES string of the molecule is CN(c1ccccc1)c1ccc(-c2cc(-c3ccccc3)nc(-c3ccccc3)c2)cc1. The van der Waals surface area contributed by atoms with Crippen molar-refractivity contribution < 1.29 is 0 Å². The molecule has 4 aromatic carbocycles. The van der Waals surface area contributed by atoms with E-state index in [1.165, 1.54) is 11.3 Å². The van der Waals surface area contributed by atoms with Gasteiger partial charge < -0.3 is 4.90 Å². The Balaban J connectivity index is 1.55. The van der Waals surface area contributed by atoms with Crippen molar-refractivity contribution in [2.45, 2.75) is 0 Å². The summed E-state index contributed by atoms with van der Waals surface area (Å²) in [5, 5.41) is 0. The van der Waals surface area contributed by atoms with Crippen molar-refractivity contribution in [1.82, 2.24) is 4.98 Å². The molecule has 2 nitrogen and oxygen atoms in total. The molecule has 5 aromatic rings. The summed E-state index contributed by atoms with van der Waals surface area (Å²) >= 11 is 0.